The van der Waals surface area contributed by atoms with Crippen LogP contribution in [-0.4, -0.2) is 30.4 Å². The van der Waals surface area contributed by atoms with Gasteiger partial charge in [-0.1, -0.05) is 30.5 Å². The maximum absolute atomic E-state index is 12.2. The Balaban J connectivity index is 0.00000220. The largest absolute Gasteiger partial charge is 0.324 e. The number of aryl methyl sites for hydroxylation is 3. The average Bonchev–Trinajstić information content (AvgIpc) is 2.62. The number of amides is 1. The van der Waals surface area contributed by atoms with Gasteiger partial charge in [-0.15, -0.1) is 12.4 Å². The summed E-state index contributed by atoms with van der Waals surface area (Å²) in [5.41, 5.74) is 4.51. The first kappa shape index (κ1) is 18.0. The number of carbonyl (C=O) groups is 1. The summed E-state index contributed by atoms with van der Waals surface area (Å²) in [6.45, 7) is 8.83. The van der Waals surface area contributed by atoms with Gasteiger partial charge in [-0.3, -0.25) is 9.69 Å². The van der Waals surface area contributed by atoms with Crippen LogP contribution in [0.2, 0.25) is 0 Å². The minimum Gasteiger partial charge on any atom is -0.324 e. The van der Waals surface area contributed by atoms with Crippen LogP contribution in [0.15, 0.2) is 12.1 Å². The smallest absolute Gasteiger partial charge is 0.238 e. The van der Waals surface area contributed by atoms with Crippen LogP contribution in [-0.2, 0) is 4.79 Å². The molecule has 118 valence electrons. The van der Waals surface area contributed by atoms with Crippen LogP contribution in [0.25, 0.3) is 0 Å². The van der Waals surface area contributed by atoms with Crippen LogP contribution < -0.4 is 5.32 Å². The number of rotatable bonds is 3. The lowest BCUT2D eigenvalue weighted by atomic mass is 10.1. The van der Waals surface area contributed by atoms with E-state index in [4.69, 9.17) is 0 Å². The fourth-order valence-electron chi connectivity index (χ4n) is 3.05. The molecule has 21 heavy (non-hydrogen) atoms. The second kappa shape index (κ2) is 8.40. The minimum absolute atomic E-state index is 0. The molecule has 2 rings (SSSR count). The Morgan fingerprint density at radius 3 is 2.10 bits per heavy atom. The van der Waals surface area contributed by atoms with E-state index in [0.717, 1.165) is 29.9 Å². The molecule has 0 bridgehead atoms. The van der Waals surface area contributed by atoms with Gasteiger partial charge < -0.3 is 5.32 Å². The number of likely N-dealkylation sites (tertiary alicyclic amines) is 1. The van der Waals surface area contributed by atoms with Crippen molar-refractivity contribution in [2.75, 3.05) is 25.0 Å². The molecule has 0 atom stereocenters. The second-order valence-electron chi connectivity index (χ2n) is 6.01. The molecule has 1 aromatic rings. The molecule has 1 fully saturated rings. The molecule has 4 heteroatoms. The fourth-order valence-corrected chi connectivity index (χ4v) is 3.05. The normalized spacial score (nSPS) is 16.0. The number of carbonyl (C=O) groups excluding carboxylic acids is 1. The molecule has 1 heterocycles. The molecule has 3 nitrogen and oxygen atoms in total. The summed E-state index contributed by atoms with van der Waals surface area (Å²) in [6.07, 6.45) is 5.04. The standard InChI is InChI=1S/C17H26N2O.ClH/c1-13-10-14(2)17(15(3)11-13)18-16(20)12-19-8-6-4-5-7-9-19;/h10-11H,4-9,12H2,1-3H3,(H,18,20);1H. The Labute approximate surface area is 134 Å². The summed E-state index contributed by atoms with van der Waals surface area (Å²) in [6, 6.07) is 4.24. The number of benzene rings is 1. The third-order valence-corrected chi connectivity index (χ3v) is 4.01. The quantitative estimate of drug-likeness (QED) is 0.919. The lowest BCUT2D eigenvalue weighted by Gasteiger charge is -2.20. The van der Waals surface area contributed by atoms with Crippen molar-refractivity contribution in [3.05, 3.63) is 28.8 Å². The Morgan fingerprint density at radius 2 is 1.57 bits per heavy atom. The predicted molar refractivity (Wildman–Crippen MR) is 91.4 cm³/mol. The number of hydrogen-bond acceptors (Lipinski definition) is 2. The molecule has 0 unspecified atom stereocenters. The van der Waals surface area contributed by atoms with Gasteiger partial charge in [0.25, 0.3) is 0 Å². The fraction of sp³-hybridized carbons (Fsp3) is 0.588. The van der Waals surface area contributed by atoms with Crippen LogP contribution in [0.3, 0.4) is 0 Å². The van der Waals surface area contributed by atoms with E-state index in [9.17, 15) is 4.79 Å². The molecular formula is C17H27ClN2O. The number of anilines is 1. The van der Waals surface area contributed by atoms with Crippen molar-refractivity contribution >= 4 is 24.0 Å². The lowest BCUT2D eigenvalue weighted by Crippen LogP contribution is -2.34. The number of halogens is 1. The van der Waals surface area contributed by atoms with Gasteiger partial charge in [-0.05, 0) is 57.8 Å². The van der Waals surface area contributed by atoms with Crippen molar-refractivity contribution in [1.82, 2.24) is 4.90 Å². The highest BCUT2D eigenvalue weighted by Crippen LogP contribution is 2.22. The monoisotopic (exact) mass is 310 g/mol. The summed E-state index contributed by atoms with van der Waals surface area (Å²) in [5, 5.41) is 3.09. The Hall–Kier alpha value is -1.06. The van der Waals surface area contributed by atoms with Gasteiger partial charge in [0.1, 0.15) is 0 Å². The van der Waals surface area contributed by atoms with Crippen LogP contribution in [0.1, 0.15) is 42.4 Å². The maximum Gasteiger partial charge on any atom is 0.238 e. The van der Waals surface area contributed by atoms with Gasteiger partial charge in [-0.2, -0.15) is 0 Å². The van der Waals surface area contributed by atoms with Gasteiger partial charge >= 0.3 is 0 Å². The molecule has 0 saturated carbocycles. The molecule has 1 amide bonds. The van der Waals surface area contributed by atoms with Gasteiger partial charge in [0.15, 0.2) is 0 Å². The topological polar surface area (TPSA) is 32.3 Å². The van der Waals surface area contributed by atoms with Crippen LogP contribution in [0, 0.1) is 20.8 Å². The van der Waals surface area contributed by atoms with Crippen LogP contribution in [0.5, 0.6) is 0 Å². The number of nitrogens with one attached hydrogen (secondary N) is 1. The van der Waals surface area contributed by atoms with Crippen molar-refractivity contribution in [2.45, 2.75) is 46.5 Å². The molecule has 1 aliphatic rings. The van der Waals surface area contributed by atoms with Crippen molar-refractivity contribution < 1.29 is 4.79 Å². The van der Waals surface area contributed by atoms with E-state index in [0.29, 0.717) is 6.54 Å². The minimum atomic E-state index is 0. The molecular weight excluding hydrogens is 284 g/mol. The highest BCUT2D eigenvalue weighted by Gasteiger charge is 2.14. The Morgan fingerprint density at radius 1 is 1.05 bits per heavy atom. The van der Waals surface area contributed by atoms with E-state index in [1.807, 2.05) is 0 Å². The van der Waals surface area contributed by atoms with Gasteiger partial charge in [0, 0.05) is 5.69 Å². The van der Waals surface area contributed by atoms with Crippen molar-refractivity contribution in [2.24, 2.45) is 0 Å². The number of nitrogens with zero attached hydrogens (tertiary/aromatic N) is 1. The van der Waals surface area contributed by atoms with Gasteiger partial charge in [0.05, 0.1) is 6.54 Å². The van der Waals surface area contributed by atoms with E-state index in [-0.39, 0.29) is 18.3 Å². The zero-order chi connectivity index (χ0) is 14.5. The molecule has 0 aliphatic carbocycles. The van der Waals surface area contributed by atoms with Crippen LogP contribution in [0.4, 0.5) is 5.69 Å². The summed E-state index contributed by atoms with van der Waals surface area (Å²) >= 11 is 0. The Kier molecular flexibility index (Phi) is 7.20. The Bertz CT molecular complexity index is 457. The van der Waals surface area contributed by atoms with E-state index in [1.54, 1.807) is 0 Å². The summed E-state index contributed by atoms with van der Waals surface area (Å²) < 4.78 is 0. The first-order chi connectivity index (χ1) is 9.56. The highest BCUT2D eigenvalue weighted by molar-refractivity contribution is 5.93. The number of hydrogen-bond donors (Lipinski definition) is 1. The van der Waals surface area contributed by atoms with E-state index < -0.39 is 0 Å². The SMILES string of the molecule is Cc1cc(C)c(NC(=O)CN2CCCCCC2)c(C)c1.Cl. The molecule has 0 aromatic heterocycles. The van der Waals surface area contributed by atoms with Gasteiger partial charge in [-0.25, -0.2) is 0 Å². The summed E-state index contributed by atoms with van der Waals surface area (Å²) in [7, 11) is 0. The van der Waals surface area contributed by atoms with Crippen molar-refractivity contribution in [3.63, 3.8) is 0 Å². The molecule has 0 spiro atoms. The first-order valence-electron chi connectivity index (χ1n) is 7.66. The molecule has 1 aromatic carbocycles. The highest BCUT2D eigenvalue weighted by atomic mass is 35.5. The second-order valence-corrected chi connectivity index (χ2v) is 6.01. The maximum atomic E-state index is 12.2. The third kappa shape index (κ3) is 5.33. The third-order valence-electron chi connectivity index (χ3n) is 4.01. The molecule has 1 saturated heterocycles. The van der Waals surface area contributed by atoms with E-state index >= 15 is 0 Å². The van der Waals surface area contributed by atoms with Crippen molar-refractivity contribution in [3.8, 4) is 0 Å². The molecule has 1 N–H and O–H groups in total. The van der Waals surface area contributed by atoms with Gasteiger partial charge in [0.2, 0.25) is 5.91 Å². The summed E-state index contributed by atoms with van der Waals surface area (Å²) in [4.78, 5) is 14.5. The first-order valence-corrected chi connectivity index (χ1v) is 7.66. The summed E-state index contributed by atoms with van der Waals surface area (Å²) in [5.74, 6) is 0.113. The van der Waals surface area contributed by atoms with E-state index in [2.05, 4.69) is 43.1 Å². The molecule has 0 radical (unpaired) electrons. The van der Waals surface area contributed by atoms with E-state index in [1.165, 1.54) is 31.2 Å². The molecule has 1 aliphatic heterocycles. The lowest BCUT2D eigenvalue weighted by molar-refractivity contribution is -0.117. The zero-order valence-corrected chi connectivity index (χ0v) is 14.2. The van der Waals surface area contributed by atoms with Crippen molar-refractivity contribution in [1.29, 1.82) is 0 Å². The average molecular weight is 311 g/mol. The van der Waals surface area contributed by atoms with Crippen LogP contribution >= 0.6 is 12.4 Å². The predicted octanol–water partition coefficient (Wildman–Crippen LogP) is 3.85. The zero-order valence-electron chi connectivity index (χ0n) is 13.4.